The van der Waals surface area contributed by atoms with Crippen molar-refractivity contribution in [3.63, 3.8) is 0 Å². The van der Waals surface area contributed by atoms with Crippen molar-refractivity contribution >= 4 is 5.97 Å². The fourth-order valence-corrected chi connectivity index (χ4v) is 3.76. The molecular formula is C26H46N2O2. The van der Waals surface area contributed by atoms with E-state index in [-0.39, 0.29) is 12.6 Å². The molecule has 4 nitrogen and oxygen atoms in total. The van der Waals surface area contributed by atoms with E-state index in [1.807, 2.05) is 20.8 Å². The Bertz CT molecular complexity index is 587. The molecule has 172 valence electrons. The molecule has 1 rings (SSSR count). The van der Waals surface area contributed by atoms with Crippen molar-refractivity contribution in [2.75, 3.05) is 0 Å². The molecule has 1 heterocycles. The Hall–Kier alpha value is -1.45. The lowest BCUT2D eigenvalue weighted by atomic mass is 10.0. The summed E-state index contributed by atoms with van der Waals surface area (Å²) in [4.78, 5) is 20.9. The number of carbonyl (C=O) groups is 1. The minimum atomic E-state index is -0.121. The van der Waals surface area contributed by atoms with E-state index in [1.54, 1.807) is 0 Å². The third-order valence-electron chi connectivity index (χ3n) is 5.93. The summed E-state index contributed by atoms with van der Waals surface area (Å²) in [5, 5.41) is 0. The Labute approximate surface area is 185 Å². The fraction of sp³-hybridized carbons (Fsp3) is 0.808. The van der Waals surface area contributed by atoms with Gasteiger partial charge in [-0.05, 0) is 27.2 Å². The minimum absolute atomic E-state index is 0.121. The van der Waals surface area contributed by atoms with Crippen molar-refractivity contribution in [3.8, 4) is 0 Å². The average Bonchev–Trinajstić information content (AvgIpc) is 2.72. The van der Waals surface area contributed by atoms with Crippen molar-refractivity contribution in [3.05, 3.63) is 22.8 Å². The lowest BCUT2D eigenvalue weighted by Gasteiger charge is -2.09. The number of esters is 1. The largest absolute Gasteiger partial charge is 0.459 e. The summed E-state index contributed by atoms with van der Waals surface area (Å²) in [5.74, 6) is -0.121. The highest BCUT2D eigenvalue weighted by Gasteiger charge is 2.09. The Morgan fingerprint density at radius 3 is 1.57 bits per heavy atom. The molecule has 0 saturated heterocycles. The lowest BCUT2D eigenvalue weighted by molar-refractivity contribution is -0.145. The van der Waals surface area contributed by atoms with Gasteiger partial charge in [-0.2, -0.15) is 0 Å². The zero-order chi connectivity index (χ0) is 22.0. The predicted octanol–water partition coefficient (Wildman–Crippen LogP) is 7.71. The highest BCUT2D eigenvalue weighted by atomic mass is 16.5. The normalized spacial score (nSPS) is 11.1. The van der Waals surface area contributed by atoms with E-state index in [9.17, 15) is 4.79 Å². The molecule has 1 aromatic heterocycles. The van der Waals surface area contributed by atoms with E-state index in [2.05, 4.69) is 16.9 Å². The zero-order valence-corrected chi connectivity index (χ0v) is 20.2. The Morgan fingerprint density at radius 2 is 1.07 bits per heavy atom. The molecule has 0 aliphatic rings. The maximum absolute atomic E-state index is 11.9. The van der Waals surface area contributed by atoms with Crippen LogP contribution in [0.4, 0.5) is 0 Å². The first-order valence-corrected chi connectivity index (χ1v) is 12.5. The highest BCUT2D eigenvalue weighted by Crippen LogP contribution is 2.14. The monoisotopic (exact) mass is 418 g/mol. The summed E-state index contributed by atoms with van der Waals surface area (Å²) in [6.07, 6.45) is 20.5. The molecule has 0 atom stereocenters. The molecular weight excluding hydrogens is 372 g/mol. The fourth-order valence-electron chi connectivity index (χ4n) is 3.76. The molecule has 0 radical (unpaired) electrons. The number of rotatable bonds is 18. The van der Waals surface area contributed by atoms with Crippen LogP contribution >= 0.6 is 0 Å². The number of ether oxygens (including phenoxy) is 1. The van der Waals surface area contributed by atoms with Gasteiger partial charge >= 0.3 is 5.97 Å². The van der Waals surface area contributed by atoms with Crippen LogP contribution in [-0.2, 0) is 16.1 Å². The van der Waals surface area contributed by atoms with Crippen LogP contribution in [0.5, 0.6) is 0 Å². The van der Waals surface area contributed by atoms with Gasteiger partial charge < -0.3 is 4.74 Å². The van der Waals surface area contributed by atoms with Crippen LogP contribution in [0.15, 0.2) is 0 Å². The Balaban J connectivity index is 1.90. The molecule has 0 aliphatic carbocycles. The van der Waals surface area contributed by atoms with Gasteiger partial charge in [-0.15, -0.1) is 0 Å². The Kier molecular flexibility index (Phi) is 15.3. The van der Waals surface area contributed by atoms with E-state index in [0.29, 0.717) is 6.42 Å². The van der Waals surface area contributed by atoms with E-state index in [4.69, 9.17) is 4.74 Å². The SMILES string of the molecule is CCCCCCCCCCCCCCCCCC(=O)OCc1nc(C)c(C)nc1C. The maximum atomic E-state index is 11.9. The quantitative estimate of drug-likeness (QED) is 0.181. The molecule has 0 fully saturated rings. The van der Waals surface area contributed by atoms with Gasteiger partial charge in [0.05, 0.1) is 22.8 Å². The molecule has 30 heavy (non-hydrogen) atoms. The number of aromatic nitrogens is 2. The van der Waals surface area contributed by atoms with Crippen LogP contribution < -0.4 is 0 Å². The van der Waals surface area contributed by atoms with E-state index in [0.717, 1.165) is 35.6 Å². The van der Waals surface area contributed by atoms with Gasteiger partial charge in [0.15, 0.2) is 0 Å². The van der Waals surface area contributed by atoms with Crippen molar-refractivity contribution < 1.29 is 9.53 Å². The highest BCUT2D eigenvalue weighted by molar-refractivity contribution is 5.69. The summed E-state index contributed by atoms with van der Waals surface area (Å²) in [5.41, 5.74) is 3.44. The van der Waals surface area contributed by atoms with Gasteiger partial charge in [-0.1, -0.05) is 96.8 Å². The van der Waals surface area contributed by atoms with Crippen LogP contribution in [0.3, 0.4) is 0 Å². The van der Waals surface area contributed by atoms with Gasteiger partial charge in [0.1, 0.15) is 6.61 Å². The summed E-state index contributed by atoms with van der Waals surface area (Å²) >= 11 is 0. The summed E-state index contributed by atoms with van der Waals surface area (Å²) in [7, 11) is 0. The first-order valence-electron chi connectivity index (χ1n) is 12.5. The second-order valence-electron chi connectivity index (χ2n) is 8.79. The number of hydrogen-bond donors (Lipinski definition) is 0. The van der Waals surface area contributed by atoms with Crippen molar-refractivity contribution in [1.29, 1.82) is 0 Å². The van der Waals surface area contributed by atoms with Gasteiger partial charge in [0.25, 0.3) is 0 Å². The first kappa shape index (κ1) is 26.6. The van der Waals surface area contributed by atoms with Crippen molar-refractivity contribution in [2.45, 2.75) is 137 Å². The molecule has 1 aromatic rings. The van der Waals surface area contributed by atoms with Crippen LogP contribution in [0.2, 0.25) is 0 Å². The summed E-state index contributed by atoms with van der Waals surface area (Å²) < 4.78 is 5.38. The molecule has 0 saturated carbocycles. The number of unbranched alkanes of at least 4 members (excludes halogenated alkanes) is 14. The van der Waals surface area contributed by atoms with Gasteiger partial charge in [0, 0.05) is 6.42 Å². The smallest absolute Gasteiger partial charge is 0.306 e. The zero-order valence-electron chi connectivity index (χ0n) is 20.2. The number of hydrogen-bond acceptors (Lipinski definition) is 4. The average molecular weight is 419 g/mol. The molecule has 0 unspecified atom stereocenters. The molecule has 0 bridgehead atoms. The predicted molar refractivity (Wildman–Crippen MR) is 126 cm³/mol. The molecule has 0 spiro atoms. The van der Waals surface area contributed by atoms with Gasteiger partial charge in [-0.3, -0.25) is 14.8 Å². The van der Waals surface area contributed by atoms with E-state index < -0.39 is 0 Å². The van der Waals surface area contributed by atoms with Crippen molar-refractivity contribution in [1.82, 2.24) is 9.97 Å². The molecule has 4 heteroatoms. The Morgan fingerprint density at radius 1 is 0.633 bits per heavy atom. The molecule has 0 aliphatic heterocycles. The second kappa shape index (κ2) is 17.3. The molecule has 0 N–H and O–H groups in total. The maximum Gasteiger partial charge on any atom is 0.306 e. The number of aryl methyl sites for hydroxylation is 3. The van der Waals surface area contributed by atoms with Crippen LogP contribution in [0.25, 0.3) is 0 Å². The second-order valence-corrected chi connectivity index (χ2v) is 8.79. The third kappa shape index (κ3) is 13.0. The molecule has 0 amide bonds. The van der Waals surface area contributed by atoms with Gasteiger partial charge in [-0.25, -0.2) is 0 Å². The van der Waals surface area contributed by atoms with E-state index in [1.165, 1.54) is 83.5 Å². The first-order chi connectivity index (χ1) is 14.5. The van der Waals surface area contributed by atoms with E-state index >= 15 is 0 Å². The van der Waals surface area contributed by atoms with Crippen LogP contribution in [-0.4, -0.2) is 15.9 Å². The number of nitrogens with zero attached hydrogens (tertiary/aromatic N) is 2. The van der Waals surface area contributed by atoms with Crippen LogP contribution in [0.1, 0.15) is 132 Å². The third-order valence-corrected chi connectivity index (χ3v) is 5.93. The number of carbonyl (C=O) groups excluding carboxylic acids is 1. The summed E-state index contributed by atoms with van der Waals surface area (Å²) in [6, 6.07) is 0. The van der Waals surface area contributed by atoms with Crippen molar-refractivity contribution in [2.24, 2.45) is 0 Å². The standard InChI is InChI=1S/C26H46N2O2/c1-5-6-7-8-9-10-11-12-13-14-15-16-17-18-19-20-26(29)30-21-25-24(4)27-22(2)23(3)28-25/h5-21H2,1-4H3. The topological polar surface area (TPSA) is 52.1 Å². The lowest BCUT2D eigenvalue weighted by Crippen LogP contribution is -2.09. The molecule has 0 aromatic carbocycles. The minimum Gasteiger partial charge on any atom is -0.459 e. The van der Waals surface area contributed by atoms with Crippen LogP contribution in [0, 0.1) is 20.8 Å². The summed E-state index contributed by atoms with van der Waals surface area (Å²) in [6.45, 7) is 8.30. The van der Waals surface area contributed by atoms with Gasteiger partial charge in [0.2, 0.25) is 0 Å².